The minimum absolute atomic E-state index is 0.116. The van der Waals surface area contributed by atoms with Gasteiger partial charge in [-0.25, -0.2) is 0 Å². The van der Waals surface area contributed by atoms with Gasteiger partial charge >= 0.3 is 0 Å². The van der Waals surface area contributed by atoms with Gasteiger partial charge < -0.3 is 4.90 Å². The van der Waals surface area contributed by atoms with Crippen LogP contribution in [0.1, 0.15) is 35.7 Å². The van der Waals surface area contributed by atoms with Crippen LogP contribution in [0.25, 0.3) is 0 Å². The highest BCUT2D eigenvalue weighted by atomic mass is 16.2. The van der Waals surface area contributed by atoms with Crippen LogP contribution >= 0.6 is 0 Å². The molecule has 3 heteroatoms. The molecule has 0 atom stereocenters. The molecule has 0 bridgehead atoms. The largest absolute Gasteiger partial charge is 0.339 e. The van der Waals surface area contributed by atoms with Gasteiger partial charge in [-0.3, -0.25) is 4.79 Å². The first-order chi connectivity index (χ1) is 8.70. The van der Waals surface area contributed by atoms with Crippen molar-refractivity contribution in [2.75, 3.05) is 13.1 Å². The Kier molecular flexibility index (Phi) is 3.99. The Hall–Kier alpha value is -1.82. The summed E-state index contributed by atoms with van der Waals surface area (Å²) < 4.78 is 0. The SMILES string of the molecule is CC1CCN(C(=O)c2ccc(CC#N)cc2)CC1. The number of piperidine rings is 1. The van der Waals surface area contributed by atoms with E-state index in [1.54, 1.807) is 0 Å². The van der Waals surface area contributed by atoms with E-state index in [1.165, 1.54) is 0 Å². The molecule has 0 aliphatic carbocycles. The normalized spacial score (nSPS) is 16.3. The monoisotopic (exact) mass is 242 g/mol. The van der Waals surface area contributed by atoms with E-state index in [2.05, 4.69) is 13.0 Å². The first-order valence-electron chi connectivity index (χ1n) is 6.46. The first-order valence-corrected chi connectivity index (χ1v) is 6.46. The third kappa shape index (κ3) is 2.89. The minimum atomic E-state index is 0.116. The van der Waals surface area contributed by atoms with Crippen LogP contribution in [0, 0.1) is 17.2 Å². The van der Waals surface area contributed by atoms with Crippen LogP contribution in [0.4, 0.5) is 0 Å². The number of hydrogen-bond donors (Lipinski definition) is 0. The Labute approximate surface area is 108 Å². The summed E-state index contributed by atoms with van der Waals surface area (Å²) in [5.41, 5.74) is 1.69. The van der Waals surface area contributed by atoms with Crippen molar-refractivity contribution in [3.8, 4) is 6.07 Å². The molecule has 1 heterocycles. The topological polar surface area (TPSA) is 44.1 Å². The number of amides is 1. The van der Waals surface area contributed by atoms with E-state index in [9.17, 15) is 4.79 Å². The second-order valence-electron chi connectivity index (χ2n) is 5.01. The highest BCUT2D eigenvalue weighted by Gasteiger charge is 2.21. The van der Waals surface area contributed by atoms with Gasteiger partial charge in [0, 0.05) is 18.7 Å². The fourth-order valence-electron chi connectivity index (χ4n) is 2.25. The van der Waals surface area contributed by atoms with E-state index in [1.807, 2.05) is 29.2 Å². The Morgan fingerprint density at radius 3 is 2.50 bits per heavy atom. The van der Waals surface area contributed by atoms with E-state index in [-0.39, 0.29) is 5.91 Å². The second-order valence-corrected chi connectivity index (χ2v) is 5.01. The van der Waals surface area contributed by atoms with Crippen molar-refractivity contribution in [1.82, 2.24) is 4.90 Å². The van der Waals surface area contributed by atoms with Gasteiger partial charge in [0.05, 0.1) is 12.5 Å². The lowest BCUT2D eigenvalue weighted by molar-refractivity contribution is 0.0697. The molecule has 0 radical (unpaired) electrons. The van der Waals surface area contributed by atoms with E-state index >= 15 is 0 Å². The van der Waals surface area contributed by atoms with E-state index in [0.717, 1.165) is 43.0 Å². The highest BCUT2D eigenvalue weighted by molar-refractivity contribution is 5.94. The van der Waals surface area contributed by atoms with Crippen LogP contribution in [0.2, 0.25) is 0 Å². The molecule has 3 nitrogen and oxygen atoms in total. The Balaban J connectivity index is 2.02. The first kappa shape index (κ1) is 12.6. The molecule has 1 fully saturated rings. The van der Waals surface area contributed by atoms with Gasteiger partial charge in [0.1, 0.15) is 0 Å². The predicted molar refractivity (Wildman–Crippen MR) is 70.1 cm³/mol. The van der Waals surface area contributed by atoms with Crippen LogP contribution < -0.4 is 0 Å². The fourth-order valence-corrected chi connectivity index (χ4v) is 2.25. The van der Waals surface area contributed by atoms with Gasteiger partial charge in [0.2, 0.25) is 0 Å². The summed E-state index contributed by atoms with van der Waals surface area (Å²) in [7, 11) is 0. The van der Waals surface area contributed by atoms with Crippen molar-refractivity contribution in [3.05, 3.63) is 35.4 Å². The Morgan fingerprint density at radius 2 is 1.94 bits per heavy atom. The third-order valence-corrected chi connectivity index (χ3v) is 3.55. The predicted octanol–water partition coefficient (Wildman–Crippen LogP) is 2.62. The molecule has 0 aromatic heterocycles. The Bertz CT molecular complexity index is 450. The van der Waals surface area contributed by atoms with Crippen molar-refractivity contribution in [2.24, 2.45) is 5.92 Å². The zero-order chi connectivity index (χ0) is 13.0. The van der Waals surface area contributed by atoms with E-state index in [0.29, 0.717) is 6.42 Å². The molecule has 1 aliphatic heterocycles. The lowest BCUT2D eigenvalue weighted by atomic mass is 9.98. The van der Waals surface area contributed by atoms with Crippen molar-refractivity contribution in [2.45, 2.75) is 26.2 Å². The maximum Gasteiger partial charge on any atom is 0.253 e. The summed E-state index contributed by atoms with van der Waals surface area (Å²) in [5.74, 6) is 0.845. The van der Waals surface area contributed by atoms with Crippen molar-refractivity contribution in [1.29, 1.82) is 5.26 Å². The molecule has 1 aliphatic rings. The number of benzene rings is 1. The number of hydrogen-bond acceptors (Lipinski definition) is 2. The molecule has 0 spiro atoms. The van der Waals surface area contributed by atoms with Gasteiger partial charge in [0.15, 0.2) is 0 Å². The van der Waals surface area contributed by atoms with Crippen LogP contribution in [-0.4, -0.2) is 23.9 Å². The molecule has 0 unspecified atom stereocenters. The van der Waals surface area contributed by atoms with E-state index in [4.69, 9.17) is 5.26 Å². The van der Waals surface area contributed by atoms with Crippen LogP contribution in [0.5, 0.6) is 0 Å². The van der Waals surface area contributed by atoms with Crippen LogP contribution in [0.3, 0.4) is 0 Å². The number of nitrogens with zero attached hydrogens (tertiary/aromatic N) is 2. The summed E-state index contributed by atoms with van der Waals surface area (Å²) in [6.07, 6.45) is 2.59. The molecular formula is C15H18N2O. The summed E-state index contributed by atoms with van der Waals surface area (Å²) >= 11 is 0. The number of rotatable bonds is 2. The third-order valence-electron chi connectivity index (χ3n) is 3.55. The van der Waals surface area contributed by atoms with E-state index < -0.39 is 0 Å². The molecule has 18 heavy (non-hydrogen) atoms. The summed E-state index contributed by atoms with van der Waals surface area (Å²) in [6.45, 7) is 3.96. The zero-order valence-electron chi connectivity index (χ0n) is 10.7. The molecule has 1 saturated heterocycles. The van der Waals surface area contributed by atoms with Gasteiger partial charge in [-0.2, -0.15) is 5.26 Å². The lowest BCUT2D eigenvalue weighted by Gasteiger charge is -2.30. The number of nitriles is 1. The summed E-state index contributed by atoms with van der Waals surface area (Å²) in [5, 5.41) is 8.60. The molecule has 1 amide bonds. The smallest absolute Gasteiger partial charge is 0.253 e. The molecule has 0 saturated carbocycles. The Morgan fingerprint density at radius 1 is 1.33 bits per heavy atom. The molecule has 0 N–H and O–H groups in total. The minimum Gasteiger partial charge on any atom is -0.339 e. The van der Waals surface area contributed by atoms with Crippen molar-refractivity contribution in [3.63, 3.8) is 0 Å². The summed E-state index contributed by atoms with van der Waals surface area (Å²) in [6, 6.07) is 9.49. The molecule has 1 aromatic carbocycles. The zero-order valence-corrected chi connectivity index (χ0v) is 10.7. The maximum atomic E-state index is 12.2. The summed E-state index contributed by atoms with van der Waals surface area (Å²) in [4.78, 5) is 14.2. The number of carbonyl (C=O) groups excluding carboxylic acids is 1. The average Bonchev–Trinajstić information content (AvgIpc) is 2.40. The van der Waals surface area contributed by atoms with Gasteiger partial charge in [0.25, 0.3) is 5.91 Å². The van der Waals surface area contributed by atoms with Gasteiger partial charge in [-0.15, -0.1) is 0 Å². The lowest BCUT2D eigenvalue weighted by Crippen LogP contribution is -2.37. The molecule has 1 aromatic rings. The standard InChI is InChI=1S/C15H18N2O/c1-12-7-10-17(11-8-12)15(18)14-4-2-13(3-5-14)6-9-16/h2-5,12H,6-8,10-11H2,1H3. The molecule has 94 valence electrons. The number of likely N-dealkylation sites (tertiary alicyclic amines) is 1. The van der Waals surface area contributed by atoms with Crippen molar-refractivity contribution < 1.29 is 4.79 Å². The highest BCUT2D eigenvalue weighted by Crippen LogP contribution is 2.18. The second kappa shape index (κ2) is 5.68. The number of carbonyl (C=O) groups is 1. The van der Waals surface area contributed by atoms with Crippen LogP contribution in [0.15, 0.2) is 24.3 Å². The van der Waals surface area contributed by atoms with Gasteiger partial charge in [-0.05, 0) is 36.5 Å². The molecular weight excluding hydrogens is 224 g/mol. The quantitative estimate of drug-likeness (QED) is 0.800. The van der Waals surface area contributed by atoms with Crippen molar-refractivity contribution >= 4 is 5.91 Å². The average molecular weight is 242 g/mol. The molecule has 2 rings (SSSR count). The maximum absolute atomic E-state index is 12.2. The van der Waals surface area contributed by atoms with Gasteiger partial charge in [-0.1, -0.05) is 19.1 Å². The van der Waals surface area contributed by atoms with Crippen LogP contribution in [-0.2, 0) is 6.42 Å². The fraction of sp³-hybridized carbons (Fsp3) is 0.467.